The summed E-state index contributed by atoms with van der Waals surface area (Å²) < 4.78 is 0. The molecule has 4 heteroatoms. The zero-order valence-corrected chi connectivity index (χ0v) is 12.4. The van der Waals surface area contributed by atoms with Crippen LogP contribution in [0.4, 0.5) is 5.82 Å². The van der Waals surface area contributed by atoms with Crippen molar-refractivity contribution < 1.29 is 0 Å². The van der Waals surface area contributed by atoms with Crippen molar-refractivity contribution in [2.45, 2.75) is 39.7 Å². The zero-order chi connectivity index (χ0) is 13.4. The number of hydrogen-bond donors (Lipinski definition) is 1. The smallest absolute Gasteiger partial charge is 0.131 e. The van der Waals surface area contributed by atoms with E-state index in [1.165, 1.54) is 13.0 Å². The molecule has 0 amide bonds. The van der Waals surface area contributed by atoms with Gasteiger partial charge in [0, 0.05) is 6.04 Å². The molecular weight excluding hydrogens is 246 g/mol. The first-order valence-corrected chi connectivity index (χ1v) is 7.15. The molecule has 1 aromatic heterocycles. The van der Waals surface area contributed by atoms with E-state index in [9.17, 15) is 0 Å². The predicted octanol–water partition coefficient (Wildman–Crippen LogP) is 3.66. The molecule has 0 spiro atoms. The van der Waals surface area contributed by atoms with E-state index in [0.717, 1.165) is 25.3 Å². The maximum atomic E-state index is 5.85. The van der Waals surface area contributed by atoms with Crippen LogP contribution in [0, 0.1) is 0 Å². The molecule has 1 rings (SSSR count). The van der Waals surface area contributed by atoms with Gasteiger partial charge in [-0.05, 0) is 51.5 Å². The van der Waals surface area contributed by atoms with Crippen LogP contribution >= 0.6 is 11.6 Å². The van der Waals surface area contributed by atoms with Gasteiger partial charge in [-0.15, -0.1) is 0 Å². The summed E-state index contributed by atoms with van der Waals surface area (Å²) >= 11 is 5.85. The molecule has 0 saturated carbocycles. The van der Waals surface area contributed by atoms with Gasteiger partial charge in [0.2, 0.25) is 0 Å². The lowest BCUT2D eigenvalue weighted by molar-refractivity contribution is 0.295. The van der Waals surface area contributed by atoms with Gasteiger partial charge in [0.15, 0.2) is 0 Å². The normalized spacial score (nSPS) is 12.7. The van der Waals surface area contributed by atoms with Gasteiger partial charge in [0.05, 0.1) is 0 Å². The van der Waals surface area contributed by atoms with Crippen molar-refractivity contribution in [1.82, 2.24) is 9.88 Å². The van der Waals surface area contributed by atoms with Gasteiger partial charge in [-0.2, -0.15) is 0 Å². The van der Waals surface area contributed by atoms with Crippen molar-refractivity contribution in [3.63, 3.8) is 0 Å². The SMILES string of the molecule is CCN(CC)CCCC(C)Nc1cccc(Cl)n1. The molecule has 18 heavy (non-hydrogen) atoms. The van der Waals surface area contributed by atoms with Crippen LogP contribution in [-0.4, -0.2) is 35.6 Å². The predicted molar refractivity (Wildman–Crippen MR) is 79.4 cm³/mol. The molecule has 0 aromatic carbocycles. The third-order valence-electron chi connectivity index (χ3n) is 3.12. The second-order valence-electron chi connectivity index (χ2n) is 4.56. The number of rotatable bonds is 8. The third-order valence-corrected chi connectivity index (χ3v) is 3.33. The largest absolute Gasteiger partial charge is 0.368 e. The molecule has 1 unspecified atom stereocenters. The minimum atomic E-state index is 0.423. The van der Waals surface area contributed by atoms with Crippen molar-refractivity contribution in [2.24, 2.45) is 0 Å². The van der Waals surface area contributed by atoms with Crippen LogP contribution in [0.2, 0.25) is 5.15 Å². The molecule has 102 valence electrons. The molecule has 1 heterocycles. The Hall–Kier alpha value is -0.800. The average molecular weight is 270 g/mol. The summed E-state index contributed by atoms with van der Waals surface area (Å²) in [4.78, 5) is 6.68. The first kappa shape index (κ1) is 15.3. The Bertz CT molecular complexity index is 340. The molecule has 0 aliphatic heterocycles. The monoisotopic (exact) mass is 269 g/mol. The number of hydrogen-bond acceptors (Lipinski definition) is 3. The summed E-state index contributed by atoms with van der Waals surface area (Å²) in [5.41, 5.74) is 0. The minimum absolute atomic E-state index is 0.423. The van der Waals surface area contributed by atoms with E-state index < -0.39 is 0 Å². The van der Waals surface area contributed by atoms with Crippen LogP contribution in [0.5, 0.6) is 0 Å². The van der Waals surface area contributed by atoms with Gasteiger partial charge in [0.25, 0.3) is 0 Å². The van der Waals surface area contributed by atoms with E-state index >= 15 is 0 Å². The van der Waals surface area contributed by atoms with E-state index in [1.807, 2.05) is 12.1 Å². The highest BCUT2D eigenvalue weighted by molar-refractivity contribution is 6.29. The summed E-state index contributed by atoms with van der Waals surface area (Å²) in [5.74, 6) is 0.859. The second-order valence-corrected chi connectivity index (χ2v) is 4.95. The highest BCUT2D eigenvalue weighted by Crippen LogP contribution is 2.12. The number of nitrogens with one attached hydrogen (secondary N) is 1. The number of nitrogens with zero attached hydrogens (tertiary/aromatic N) is 2. The fourth-order valence-electron chi connectivity index (χ4n) is 1.97. The Morgan fingerprint density at radius 3 is 2.67 bits per heavy atom. The molecule has 0 bridgehead atoms. The Kier molecular flexibility index (Phi) is 7.06. The number of aromatic nitrogens is 1. The van der Waals surface area contributed by atoms with Crippen LogP contribution in [0.15, 0.2) is 18.2 Å². The molecular formula is C14H24ClN3. The Labute approximate surface area is 116 Å². The molecule has 0 fully saturated rings. The summed E-state index contributed by atoms with van der Waals surface area (Å²) in [6.45, 7) is 10.0. The highest BCUT2D eigenvalue weighted by atomic mass is 35.5. The van der Waals surface area contributed by atoms with Gasteiger partial charge in [-0.3, -0.25) is 0 Å². The van der Waals surface area contributed by atoms with Gasteiger partial charge in [0.1, 0.15) is 11.0 Å². The van der Waals surface area contributed by atoms with E-state index in [2.05, 4.69) is 36.0 Å². The van der Waals surface area contributed by atoms with E-state index in [-0.39, 0.29) is 0 Å². The molecule has 1 atom stereocenters. The highest BCUT2D eigenvalue weighted by Gasteiger charge is 2.05. The van der Waals surface area contributed by atoms with Crippen molar-refractivity contribution in [3.8, 4) is 0 Å². The van der Waals surface area contributed by atoms with Crippen LogP contribution in [0.25, 0.3) is 0 Å². The summed E-state index contributed by atoms with van der Waals surface area (Å²) in [6.07, 6.45) is 2.35. The molecule has 0 radical (unpaired) electrons. The van der Waals surface area contributed by atoms with Crippen LogP contribution < -0.4 is 5.32 Å². The van der Waals surface area contributed by atoms with Crippen LogP contribution in [-0.2, 0) is 0 Å². The van der Waals surface area contributed by atoms with E-state index in [1.54, 1.807) is 6.07 Å². The maximum Gasteiger partial charge on any atom is 0.131 e. The van der Waals surface area contributed by atoms with Crippen molar-refractivity contribution in [1.29, 1.82) is 0 Å². The fraction of sp³-hybridized carbons (Fsp3) is 0.643. The minimum Gasteiger partial charge on any atom is -0.368 e. The molecule has 1 aromatic rings. The Morgan fingerprint density at radius 1 is 1.33 bits per heavy atom. The number of anilines is 1. The molecule has 0 aliphatic carbocycles. The van der Waals surface area contributed by atoms with Gasteiger partial charge < -0.3 is 10.2 Å². The molecule has 0 aliphatic rings. The van der Waals surface area contributed by atoms with Crippen molar-refractivity contribution in [3.05, 3.63) is 23.4 Å². The van der Waals surface area contributed by atoms with Crippen molar-refractivity contribution >= 4 is 17.4 Å². The summed E-state index contributed by atoms with van der Waals surface area (Å²) in [5, 5.41) is 3.92. The summed E-state index contributed by atoms with van der Waals surface area (Å²) in [7, 11) is 0. The quantitative estimate of drug-likeness (QED) is 0.730. The van der Waals surface area contributed by atoms with Crippen molar-refractivity contribution in [2.75, 3.05) is 25.0 Å². The van der Waals surface area contributed by atoms with Crippen LogP contribution in [0.1, 0.15) is 33.6 Å². The molecule has 1 N–H and O–H groups in total. The standard InChI is InChI=1S/C14H24ClN3/c1-4-18(5-2)11-7-8-12(3)16-14-10-6-9-13(15)17-14/h6,9-10,12H,4-5,7-8,11H2,1-3H3,(H,16,17). The van der Waals surface area contributed by atoms with E-state index in [4.69, 9.17) is 11.6 Å². The number of pyridine rings is 1. The lowest BCUT2D eigenvalue weighted by Crippen LogP contribution is -2.25. The lowest BCUT2D eigenvalue weighted by atomic mass is 10.1. The third kappa shape index (κ3) is 5.69. The first-order valence-electron chi connectivity index (χ1n) is 6.77. The first-order chi connectivity index (χ1) is 8.65. The van der Waals surface area contributed by atoms with Gasteiger partial charge >= 0.3 is 0 Å². The molecule has 3 nitrogen and oxygen atoms in total. The average Bonchev–Trinajstić information content (AvgIpc) is 2.34. The maximum absolute atomic E-state index is 5.85. The van der Waals surface area contributed by atoms with Gasteiger partial charge in [-0.25, -0.2) is 4.98 Å². The van der Waals surface area contributed by atoms with Crippen LogP contribution in [0.3, 0.4) is 0 Å². The second kappa shape index (κ2) is 8.33. The fourth-order valence-corrected chi connectivity index (χ4v) is 2.14. The molecule has 0 saturated heterocycles. The zero-order valence-electron chi connectivity index (χ0n) is 11.6. The number of halogens is 1. The lowest BCUT2D eigenvalue weighted by Gasteiger charge is -2.20. The topological polar surface area (TPSA) is 28.2 Å². The van der Waals surface area contributed by atoms with Gasteiger partial charge in [-0.1, -0.05) is 31.5 Å². The Balaban J connectivity index is 2.27. The Morgan fingerprint density at radius 2 is 2.06 bits per heavy atom. The van der Waals surface area contributed by atoms with E-state index in [0.29, 0.717) is 11.2 Å². The summed E-state index contributed by atoms with van der Waals surface area (Å²) in [6, 6.07) is 6.08.